The number of methoxy groups -OCH3 is 1. The van der Waals surface area contributed by atoms with Crippen molar-refractivity contribution in [1.29, 1.82) is 0 Å². The van der Waals surface area contributed by atoms with Crippen LogP contribution in [0, 0.1) is 6.92 Å². The summed E-state index contributed by atoms with van der Waals surface area (Å²) in [7, 11) is 5.42. The van der Waals surface area contributed by atoms with Crippen LogP contribution >= 0.6 is 0 Å². The van der Waals surface area contributed by atoms with E-state index in [1.54, 1.807) is 31.4 Å². The second-order valence-electron chi connectivity index (χ2n) is 9.27. The van der Waals surface area contributed by atoms with Gasteiger partial charge in [-0.2, -0.15) is 0 Å². The van der Waals surface area contributed by atoms with Crippen LogP contribution in [0.25, 0.3) is 5.76 Å². The van der Waals surface area contributed by atoms with Gasteiger partial charge in [0.25, 0.3) is 11.7 Å². The van der Waals surface area contributed by atoms with Gasteiger partial charge in [-0.3, -0.25) is 9.59 Å². The first-order valence-corrected chi connectivity index (χ1v) is 12.1. The van der Waals surface area contributed by atoms with Crippen molar-refractivity contribution in [3.63, 3.8) is 0 Å². The Bertz CT molecular complexity index is 1300. The Morgan fingerprint density at radius 3 is 2.32 bits per heavy atom. The Balaban J connectivity index is 1.64. The zero-order chi connectivity index (χ0) is 26.5. The summed E-state index contributed by atoms with van der Waals surface area (Å²) in [5.41, 5.74) is 4.44. The van der Waals surface area contributed by atoms with Crippen molar-refractivity contribution in [3.05, 3.63) is 101 Å². The van der Waals surface area contributed by atoms with Gasteiger partial charge in [0, 0.05) is 39.0 Å². The molecule has 0 aromatic heterocycles. The number of aryl methyl sites for hydroxylation is 1. The molecule has 7 nitrogen and oxygen atoms in total. The lowest BCUT2D eigenvalue weighted by molar-refractivity contribution is -0.140. The van der Waals surface area contributed by atoms with Crippen LogP contribution in [0.4, 0.5) is 5.69 Å². The molecule has 37 heavy (non-hydrogen) atoms. The molecule has 0 radical (unpaired) electrons. The molecule has 1 aliphatic heterocycles. The highest BCUT2D eigenvalue weighted by Gasteiger charge is 2.45. The number of ether oxygens (including phenoxy) is 2. The van der Waals surface area contributed by atoms with Gasteiger partial charge in [-0.05, 0) is 54.4 Å². The Morgan fingerprint density at radius 2 is 1.70 bits per heavy atom. The van der Waals surface area contributed by atoms with Crippen LogP contribution in [-0.4, -0.2) is 56.1 Å². The summed E-state index contributed by atoms with van der Waals surface area (Å²) in [6.07, 6.45) is 0. The SMILES string of the molecule is COCCN1C(=O)C(=O)C(=C(O)c2ccc(OCc3cccc(C)c3)cc2)C1c1ccc(N(C)C)cc1. The molecule has 1 saturated heterocycles. The summed E-state index contributed by atoms with van der Waals surface area (Å²) in [6, 6.07) is 21.8. The lowest BCUT2D eigenvalue weighted by Gasteiger charge is -2.25. The molecule has 4 rings (SSSR count). The number of hydrogen-bond acceptors (Lipinski definition) is 6. The normalized spacial score (nSPS) is 16.8. The maximum absolute atomic E-state index is 13.1. The summed E-state index contributed by atoms with van der Waals surface area (Å²) in [4.78, 5) is 29.5. The van der Waals surface area contributed by atoms with Crippen LogP contribution in [0.15, 0.2) is 78.4 Å². The first-order valence-electron chi connectivity index (χ1n) is 12.1. The summed E-state index contributed by atoms with van der Waals surface area (Å²) < 4.78 is 11.1. The van der Waals surface area contributed by atoms with Gasteiger partial charge in [-0.25, -0.2) is 0 Å². The smallest absolute Gasteiger partial charge is 0.295 e. The quantitative estimate of drug-likeness (QED) is 0.261. The van der Waals surface area contributed by atoms with Crippen LogP contribution < -0.4 is 9.64 Å². The van der Waals surface area contributed by atoms with Gasteiger partial charge in [0.2, 0.25) is 0 Å². The molecule has 3 aromatic rings. The number of ketones is 1. The highest BCUT2D eigenvalue weighted by atomic mass is 16.5. The third-order valence-electron chi connectivity index (χ3n) is 6.42. The number of anilines is 1. The van der Waals surface area contributed by atoms with Crippen molar-refractivity contribution < 1.29 is 24.2 Å². The predicted molar refractivity (Wildman–Crippen MR) is 144 cm³/mol. The molecular formula is C30H32N2O5. The van der Waals surface area contributed by atoms with Crippen LogP contribution in [-0.2, 0) is 20.9 Å². The van der Waals surface area contributed by atoms with Crippen molar-refractivity contribution in [1.82, 2.24) is 4.90 Å². The molecule has 0 spiro atoms. The van der Waals surface area contributed by atoms with E-state index in [9.17, 15) is 14.7 Å². The van der Waals surface area contributed by atoms with Crippen molar-refractivity contribution in [2.24, 2.45) is 0 Å². The number of amides is 1. The van der Waals surface area contributed by atoms with Crippen LogP contribution in [0.2, 0.25) is 0 Å². The Morgan fingerprint density at radius 1 is 1.00 bits per heavy atom. The summed E-state index contributed by atoms with van der Waals surface area (Å²) in [5, 5.41) is 11.3. The number of likely N-dealkylation sites (tertiary alicyclic amines) is 1. The molecular weight excluding hydrogens is 468 g/mol. The number of nitrogens with zero attached hydrogens (tertiary/aromatic N) is 2. The molecule has 1 atom stereocenters. The lowest BCUT2D eigenvalue weighted by atomic mass is 9.95. The van der Waals surface area contributed by atoms with E-state index < -0.39 is 17.7 Å². The van der Waals surface area contributed by atoms with Gasteiger partial charge in [-0.15, -0.1) is 0 Å². The van der Waals surface area contributed by atoms with Crippen LogP contribution in [0.5, 0.6) is 5.75 Å². The lowest BCUT2D eigenvalue weighted by Crippen LogP contribution is -2.32. The average molecular weight is 501 g/mol. The molecule has 0 saturated carbocycles. The van der Waals surface area contributed by atoms with Gasteiger partial charge < -0.3 is 24.4 Å². The van der Waals surface area contributed by atoms with E-state index in [2.05, 4.69) is 6.07 Å². The second kappa shape index (κ2) is 11.3. The summed E-state index contributed by atoms with van der Waals surface area (Å²) >= 11 is 0. The topological polar surface area (TPSA) is 79.3 Å². The molecule has 3 aromatic carbocycles. The fourth-order valence-corrected chi connectivity index (χ4v) is 4.43. The minimum Gasteiger partial charge on any atom is -0.507 e. The molecule has 1 N–H and O–H groups in total. The minimum absolute atomic E-state index is 0.0622. The zero-order valence-electron chi connectivity index (χ0n) is 21.6. The van der Waals surface area contributed by atoms with E-state index in [0.29, 0.717) is 17.9 Å². The summed E-state index contributed by atoms with van der Waals surface area (Å²) in [5.74, 6) is -0.951. The van der Waals surface area contributed by atoms with Crippen molar-refractivity contribution >= 4 is 23.1 Å². The molecule has 1 unspecified atom stereocenters. The number of rotatable bonds is 9. The van der Waals surface area contributed by atoms with Gasteiger partial charge in [-0.1, -0.05) is 42.0 Å². The van der Waals surface area contributed by atoms with Gasteiger partial charge in [0.15, 0.2) is 0 Å². The van der Waals surface area contributed by atoms with Crippen LogP contribution in [0.3, 0.4) is 0 Å². The molecule has 1 fully saturated rings. The number of aliphatic hydroxyl groups excluding tert-OH is 1. The minimum atomic E-state index is -0.719. The number of Topliss-reactive ketones (excluding diaryl/α,β-unsaturated/α-hetero) is 1. The van der Waals surface area contributed by atoms with Crippen molar-refractivity contribution in [3.8, 4) is 5.75 Å². The first-order chi connectivity index (χ1) is 17.8. The maximum atomic E-state index is 13.1. The van der Waals surface area contributed by atoms with Crippen LogP contribution in [0.1, 0.15) is 28.3 Å². The fourth-order valence-electron chi connectivity index (χ4n) is 4.43. The monoisotopic (exact) mass is 500 g/mol. The zero-order valence-corrected chi connectivity index (χ0v) is 21.6. The second-order valence-corrected chi connectivity index (χ2v) is 9.27. The third-order valence-corrected chi connectivity index (χ3v) is 6.42. The summed E-state index contributed by atoms with van der Waals surface area (Å²) in [6.45, 7) is 2.94. The number of benzene rings is 3. The number of hydrogen-bond donors (Lipinski definition) is 1. The van der Waals surface area contributed by atoms with E-state index in [0.717, 1.165) is 22.4 Å². The standard InChI is InChI=1S/C30H32N2O5/c1-20-6-5-7-21(18-20)19-37-25-14-10-23(11-15-25)28(33)26-27(22-8-12-24(13-9-22)31(2)3)32(16-17-36-4)30(35)29(26)34/h5-15,18,27,33H,16-17,19H2,1-4H3. The number of aliphatic hydroxyl groups is 1. The Labute approximate surface area is 217 Å². The van der Waals surface area contributed by atoms with Gasteiger partial charge >= 0.3 is 0 Å². The van der Waals surface area contributed by atoms with Crippen molar-refractivity contribution in [2.75, 3.05) is 39.3 Å². The number of carbonyl (C=O) groups excluding carboxylic acids is 2. The largest absolute Gasteiger partial charge is 0.507 e. The van der Waals surface area contributed by atoms with E-state index >= 15 is 0 Å². The van der Waals surface area contributed by atoms with Crippen molar-refractivity contribution in [2.45, 2.75) is 19.6 Å². The molecule has 1 heterocycles. The highest BCUT2D eigenvalue weighted by molar-refractivity contribution is 6.46. The molecule has 1 aliphatic rings. The maximum Gasteiger partial charge on any atom is 0.295 e. The molecule has 0 bridgehead atoms. The number of carbonyl (C=O) groups is 2. The highest BCUT2D eigenvalue weighted by Crippen LogP contribution is 2.39. The van der Waals surface area contributed by atoms with Gasteiger partial charge in [0.1, 0.15) is 18.1 Å². The van der Waals surface area contributed by atoms with E-state index in [1.165, 1.54) is 4.90 Å². The Kier molecular flexibility index (Phi) is 7.94. The van der Waals surface area contributed by atoms with E-state index in [1.807, 2.05) is 68.4 Å². The fraction of sp³-hybridized carbons (Fsp3) is 0.267. The molecule has 1 amide bonds. The average Bonchev–Trinajstić information content (AvgIpc) is 3.15. The van der Waals surface area contributed by atoms with E-state index in [-0.39, 0.29) is 24.5 Å². The first kappa shape index (κ1) is 26.0. The molecule has 0 aliphatic carbocycles. The van der Waals surface area contributed by atoms with E-state index in [4.69, 9.17) is 9.47 Å². The molecule has 7 heteroatoms. The Hall–Kier alpha value is -4.10. The van der Waals surface area contributed by atoms with Gasteiger partial charge in [0.05, 0.1) is 18.2 Å². The third kappa shape index (κ3) is 5.67. The molecule has 192 valence electrons. The predicted octanol–water partition coefficient (Wildman–Crippen LogP) is 4.71.